The van der Waals surface area contributed by atoms with E-state index < -0.39 is 4.92 Å². The molecule has 0 aliphatic heterocycles. The van der Waals surface area contributed by atoms with Crippen LogP contribution in [0.5, 0.6) is 5.75 Å². The molecule has 0 bridgehead atoms. The molecule has 0 saturated carbocycles. The predicted molar refractivity (Wildman–Crippen MR) is 74.5 cm³/mol. The number of nitrogens with one attached hydrogen (secondary N) is 1. The molecule has 0 aliphatic rings. The van der Waals surface area contributed by atoms with Gasteiger partial charge in [0.05, 0.1) is 12.0 Å². The molecular formula is C13H21N3O3. The normalized spacial score (nSPS) is 10.7. The van der Waals surface area contributed by atoms with E-state index in [4.69, 9.17) is 4.74 Å². The number of methoxy groups -OCH3 is 1. The summed E-state index contributed by atoms with van der Waals surface area (Å²) in [6.07, 6.45) is 1.05. The van der Waals surface area contributed by atoms with Crippen molar-refractivity contribution in [2.24, 2.45) is 0 Å². The molecule has 0 saturated heterocycles. The summed E-state index contributed by atoms with van der Waals surface area (Å²) >= 11 is 0. The number of nitro groups is 1. The molecule has 0 fully saturated rings. The molecule has 0 heterocycles. The molecule has 0 unspecified atom stereocenters. The van der Waals surface area contributed by atoms with Crippen LogP contribution in [0.2, 0.25) is 0 Å². The predicted octanol–water partition coefficient (Wildman–Crippen LogP) is 1.64. The maximum Gasteiger partial charge on any atom is 0.311 e. The van der Waals surface area contributed by atoms with Gasteiger partial charge in [-0.25, -0.2) is 0 Å². The Hall–Kier alpha value is -1.66. The third kappa shape index (κ3) is 5.23. The van der Waals surface area contributed by atoms with E-state index in [1.807, 2.05) is 20.2 Å². The topological polar surface area (TPSA) is 67.6 Å². The molecule has 0 amide bonds. The molecule has 0 radical (unpaired) electrons. The van der Waals surface area contributed by atoms with Gasteiger partial charge in [0.1, 0.15) is 0 Å². The first-order chi connectivity index (χ1) is 9.04. The molecule has 6 nitrogen and oxygen atoms in total. The van der Waals surface area contributed by atoms with Crippen molar-refractivity contribution in [3.8, 4) is 5.75 Å². The molecule has 0 aromatic heterocycles. The van der Waals surface area contributed by atoms with Crippen LogP contribution in [0.25, 0.3) is 0 Å². The highest BCUT2D eigenvalue weighted by Crippen LogP contribution is 2.27. The SMILES string of the molecule is COc1ccc(CNCCCN(C)C)cc1[N+](=O)[O-]. The van der Waals surface area contributed by atoms with E-state index >= 15 is 0 Å². The second-order valence-corrected chi connectivity index (χ2v) is 4.60. The summed E-state index contributed by atoms with van der Waals surface area (Å²) in [6.45, 7) is 2.53. The first-order valence-electron chi connectivity index (χ1n) is 6.21. The number of rotatable bonds is 8. The van der Waals surface area contributed by atoms with Gasteiger partial charge in [0, 0.05) is 12.6 Å². The van der Waals surface area contributed by atoms with Gasteiger partial charge in [0.2, 0.25) is 0 Å². The fourth-order valence-electron chi connectivity index (χ4n) is 1.74. The molecule has 106 valence electrons. The largest absolute Gasteiger partial charge is 0.490 e. The molecule has 0 aliphatic carbocycles. The number of ether oxygens (including phenoxy) is 1. The van der Waals surface area contributed by atoms with E-state index in [0.717, 1.165) is 25.1 Å². The van der Waals surface area contributed by atoms with E-state index in [2.05, 4.69) is 10.2 Å². The summed E-state index contributed by atoms with van der Waals surface area (Å²) in [4.78, 5) is 12.6. The second-order valence-electron chi connectivity index (χ2n) is 4.60. The van der Waals surface area contributed by atoms with Crippen molar-refractivity contribution in [1.82, 2.24) is 10.2 Å². The third-order valence-electron chi connectivity index (χ3n) is 2.73. The van der Waals surface area contributed by atoms with Crippen LogP contribution in [0, 0.1) is 10.1 Å². The third-order valence-corrected chi connectivity index (χ3v) is 2.73. The average molecular weight is 267 g/mol. The van der Waals surface area contributed by atoms with E-state index in [9.17, 15) is 10.1 Å². The van der Waals surface area contributed by atoms with Crippen molar-refractivity contribution in [3.63, 3.8) is 0 Å². The Kier molecular flexibility index (Phi) is 6.24. The molecule has 1 aromatic carbocycles. The maximum atomic E-state index is 10.9. The number of nitrogens with zero attached hydrogens (tertiary/aromatic N) is 2. The average Bonchev–Trinajstić information content (AvgIpc) is 2.37. The van der Waals surface area contributed by atoms with Crippen LogP contribution in [0.4, 0.5) is 5.69 Å². The Balaban J connectivity index is 2.50. The Morgan fingerprint density at radius 3 is 2.74 bits per heavy atom. The molecule has 19 heavy (non-hydrogen) atoms. The minimum Gasteiger partial charge on any atom is -0.490 e. The first kappa shape index (κ1) is 15.4. The minimum atomic E-state index is -0.422. The van der Waals surface area contributed by atoms with Crippen LogP contribution in [-0.4, -0.2) is 44.1 Å². The van der Waals surface area contributed by atoms with Gasteiger partial charge in [0.25, 0.3) is 0 Å². The van der Waals surface area contributed by atoms with Crippen LogP contribution in [0.3, 0.4) is 0 Å². The number of nitro benzene ring substituents is 1. The molecular weight excluding hydrogens is 246 g/mol. The zero-order valence-electron chi connectivity index (χ0n) is 11.7. The van der Waals surface area contributed by atoms with Crippen molar-refractivity contribution in [2.45, 2.75) is 13.0 Å². The minimum absolute atomic E-state index is 0.00934. The summed E-state index contributed by atoms with van der Waals surface area (Å²) in [5, 5.41) is 14.2. The van der Waals surface area contributed by atoms with Crippen LogP contribution in [0.15, 0.2) is 18.2 Å². The molecule has 1 aromatic rings. The summed E-state index contributed by atoms with van der Waals surface area (Å²) < 4.78 is 4.96. The van der Waals surface area contributed by atoms with Crippen molar-refractivity contribution in [1.29, 1.82) is 0 Å². The van der Waals surface area contributed by atoms with Crippen LogP contribution in [-0.2, 0) is 6.54 Å². The first-order valence-corrected chi connectivity index (χ1v) is 6.21. The van der Waals surface area contributed by atoms with Gasteiger partial charge in [0.15, 0.2) is 5.75 Å². The van der Waals surface area contributed by atoms with Crippen molar-refractivity contribution in [3.05, 3.63) is 33.9 Å². The summed E-state index contributed by atoms with van der Waals surface area (Å²) in [5.41, 5.74) is 0.896. The van der Waals surface area contributed by atoms with Gasteiger partial charge in [-0.1, -0.05) is 6.07 Å². The van der Waals surface area contributed by atoms with Crippen LogP contribution in [0.1, 0.15) is 12.0 Å². The Labute approximate surface area is 113 Å². The summed E-state index contributed by atoms with van der Waals surface area (Å²) in [5.74, 6) is 0.293. The zero-order valence-corrected chi connectivity index (χ0v) is 11.7. The van der Waals surface area contributed by atoms with Gasteiger partial charge in [-0.05, 0) is 45.2 Å². The molecule has 1 rings (SSSR count). The van der Waals surface area contributed by atoms with E-state index in [1.165, 1.54) is 7.11 Å². The zero-order chi connectivity index (χ0) is 14.3. The second kappa shape index (κ2) is 7.70. The van der Waals surface area contributed by atoms with E-state index in [-0.39, 0.29) is 5.69 Å². The Bertz CT molecular complexity index is 422. The van der Waals surface area contributed by atoms with Crippen molar-refractivity contribution >= 4 is 5.69 Å². The fourth-order valence-corrected chi connectivity index (χ4v) is 1.74. The Morgan fingerprint density at radius 2 is 2.16 bits per heavy atom. The van der Waals surface area contributed by atoms with E-state index in [1.54, 1.807) is 12.1 Å². The van der Waals surface area contributed by atoms with Gasteiger partial charge >= 0.3 is 5.69 Å². The van der Waals surface area contributed by atoms with Crippen molar-refractivity contribution < 1.29 is 9.66 Å². The van der Waals surface area contributed by atoms with Gasteiger partial charge in [-0.15, -0.1) is 0 Å². The molecule has 0 atom stereocenters. The number of hydrogen-bond acceptors (Lipinski definition) is 5. The van der Waals surface area contributed by atoms with Gasteiger partial charge < -0.3 is 15.0 Å². The fraction of sp³-hybridized carbons (Fsp3) is 0.538. The van der Waals surface area contributed by atoms with E-state index in [0.29, 0.717) is 12.3 Å². The van der Waals surface area contributed by atoms with Crippen molar-refractivity contribution in [2.75, 3.05) is 34.3 Å². The number of benzene rings is 1. The smallest absolute Gasteiger partial charge is 0.311 e. The van der Waals surface area contributed by atoms with Crippen LogP contribution < -0.4 is 10.1 Å². The van der Waals surface area contributed by atoms with Crippen LogP contribution >= 0.6 is 0 Å². The lowest BCUT2D eigenvalue weighted by atomic mass is 10.2. The molecule has 0 spiro atoms. The highest BCUT2D eigenvalue weighted by Gasteiger charge is 2.14. The lowest BCUT2D eigenvalue weighted by molar-refractivity contribution is -0.385. The lowest BCUT2D eigenvalue weighted by Gasteiger charge is -2.10. The monoisotopic (exact) mass is 267 g/mol. The molecule has 6 heteroatoms. The Morgan fingerprint density at radius 1 is 1.42 bits per heavy atom. The van der Waals surface area contributed by atoms with Gasteiger partial charge in [-0.2, -0.15) is 0 Å². The summed E-state index contributed by atoms with van der Waals surface area (Å²) in [7, 11) is 5.50. The molecule has 1 N–H and O–H groups in total. The lowest BCUT2D eigenvalue weighted by Crippen LogP contribution is -2.21. The summed E-state index contributed by atoms with van der Waals surface area (Å²) in [6, 6.07) is 5.03. The standard InChI is InChI=1S/C13H21N3O3/c1-15(2)8-4-7-14-10-11-5-6-13(19-3)12(9-11)16(17)18/h5-6,9,14H,4,7-8,10H2,1-3H3. The maximum absolute atomic E-state index is 10.9. The highest BCUT2D eigenvalue weighted by atomic mass is 16.6. The highest BCUT2D eigenvalue weighted by molar-refractivity contribution is 5.48. The quantitative estimate of drug-likeness (QED) is 0.440. The van der Waals surface area contributed by atoms with Gasteiger partial charge in [-0.3, -0.25) is 10.1 Å². The number of hydrogen-bond donors (Lipinski definition) is 1.